The van der Waals surface area contributed by atoms with Crippen LogP contribution < -0.4 is 0 Å². The molecule has 146 valence electrons. The monoisotopic (exact) mass is 379 g/mol. The molecule has 0 aliphatic carbocycles. The molecule has 1 amide bonds. The summed E-state index contributed by atoms with van der Waals surface area (Å²) in [5, 5.41) is 9.12. The van der Waals surface area contributed by atoms with Gasteiger partial charge in [0, 0.05) is 30.5 Å². The standard InChI is InChI=1S/C21H25N5O2/c1-14-12-18(23-24(14)4)21(27)25-10-11-28-13-19(25)20-15(2)22-26(16(20)3)17-8-6-5-7-9-17/h5-9,12,19H,10-11,13H2,1-4H3/t19-/m1/s1. The quantitative estimate of drug-likeness (QED) is 0.702. The molecule has 1 aliphatic rings. The normalized spacial score (nSPS) is 17.1. The Morgan fingerprint density at radius 2 is 1.89 bits per heavy atom. The van der Waals surface area contributed by atoms with Crippen LogP contribution in [0.3, 0.4) is 0 Å². The van der Waals surface area contributed by atoms with Crippen LogP contribution in [-0.4, -0.2) is 50.1 Å². The van der Waals surface area contributed by atoms with E-state index in [0.29, 0.717) is 25.5 Å². The summed E-state index contributed by atoms with van der Waals surface area (Å²) in [5.41, 5.74) is 5.41. The molecule has 0 bridgehead atoms. The predicted octanol–water partition coefficient (Wildman–Crippen LogP) is 2.74. The lowest BCUT2D eigenvalue weighted by Crippen LogP contribution is -2.44. The highest BCUT2D eigenvalue weighted by atomic mass is 16.5. The second kappa shape index (κ2) is 7.24. The lowest BCUT2D eigenvalue weighted by Gasteiger charge is -2.35. The molecule has 0 unspecified atom stereocenters. The molecule has 7 heteroatoms. The van der Waals surface area contributed by atoms with Gasteiger partial charge in [-0.1, -0.05) is 18.2 Å². The maximum atomic E-state index is 13.2. The molecule has 4 rings (SSSR count). The van der Waals surface area contributed by atoms with Crippen molar-refractivity contribution < 1.29 is 9.53 Å². The van der Waals surface area contributed by atoms with E-state index in [9.17, 15) is 4.79 Å². The molecular weight excluding hydrogens is 354 g/mol. The number of benzene rings is 1. The van der Waals surface area contributed by atoms with Crippen molar-refractivity contribution in [3.05, 3.63) is 64.7 Å². The minimum Gasteiger partial charge on any atom is -0.377 e. The van der Waals surface area contributed by atoms with E-state index in [4.69, 9.17) is 9.84 Å². The third-order valence-electron chi connectivity index (χ3n) is 5.40. The molecule has 0 spiro atoms. The van der Waals surface area contributed by atoms with Gasteiger partial charge >= 0.3 is 0 Å². The molecular formula is C21H25N5O2. The number of ether oxygens (including phenoxy) is 1. The second-order valence-corrected chi connectivity index (χ2v) is 7.22. The van der Waals surface area contributed by atoms with E-state index in [0.717, 1.165) is 28.3 Å². The number of nitrogens with zero attached hydrogens (tertiary/aromatic N) is 5. The summed E-state index contributed by atoms with van der Waals surface area (Å²) in [4.78, 5) is 15.1. The molecule has 1 saturated heterocycles. The first-order valence-electron chi connectivity index (χ1n) is 9.48. The average Bonchev–Trinajstić information content (AvgIpc) is 3.20. The van der Waals surface area contributed by atoms with Crippen LogP contribution in [0.25, 0.3) is 5.69 Å². The molecule has 2 aromatic heterocycles. The number of aromatic nitrogens is 4. The fraction of sp³-hybridized carbons (Fsp3) is 0.381. The SMILES string of the molecule is Cc1nn(-c2ccccc2)c(C)c1[C@H]1COCCN1C(=O)c1cc(C)n(C)n1. The Kier molecular flexibility index (Phi) is 4.77. The van der Waals surface area contributed by atoms with E-state index in [1.54, 1.807) is 4.68 Å². The van der Waals surface area contributed by atoms with Crippen LogP contribution in [0.15, 0.2) is 36.4 Å². The molecule has 3 aromatic rings. The molecule has 3 heterocycles. The van der Waals surface area contributed by atoms with Crippen molar-refractivity contribution in [2.45, 2.75) is 26.8 Å². The van der Waals surface area contributed by atoms with Crippen LogP contribution in [0.2, 0.25) is 0 Å². The minimum atomic E-state index is -0.180. The van der Waals surface area contributed by atoms with Gasteiger partial charge in [-0.3, -0.25) is 9.48 Å². The Hall–Kier alpha value is -2.93. The molecule has 0 radical (unpaired) electrons. The van der Waals surface area contributed by atoms with Gasteiger partial charge in [-0.25, -0.2) is 4.68 Å². The Bertz CT molecular complexity index is 986. The van der Waals surface area contributed by atoms with Gasteiger partial charge < -0.3 is 9.64 Å². The topological polar surface area (TPSA) is 65.2 Å². The van der Waals surface area contributed by atoms with Crippen LogP contribution in [-0.2, 0) is 11.8 Å². The van der Waals surface area contributed by atoms with E-state index in [1.165, 1.54) is 0 Å². The summed E-state index contributed by atoms with van der Waals surface area (Å²) >= 11 is 0. The van der Waals surface area contributed by atoms with Crippen LogP contribution in [0.5, 0.6) is 0 Å². The molecule has 1 fully saturated rings. The maximum absolute atomic E-state index is 13.2. The van der Waals surface area contributed by atoms with Gasteiger partial charge in [-0.05, 0) is 39.0 Å². The number of rotatable bonds is 3. The summed E-state index contributed by atoms with van der Waals surface area (Å²) in [7, 11) is 1.85. The minimum absolute atomic E-state index is 0.0664. The van der Waals surface area contributed by atoms with E-state index < -0.39 is 0 Å². The Balaban J connectivity index is 1.72. The number of hydrogen-bond acceptors (Lipinski definition) is 4. The first-order chi connectivity index (χ1) is 13.5. The van der Waals surface area contributed by atoms with Gasteiger partial charge in [0.15, 0.2) is 5.69 Å². The average molecular weight is 379 g/mol. The Morgan fingerprint density at radius 3 is 2.57 bits per heavy atom. The summed E-state index contributed by atoms with van der Waals surface area (Å²) in [6, 6.07) is 11.7. The van der Waals surface area contributed by atoms with Crippen molar-refractivity contribution in [3.63, 3.8) is 0 Å². The van der Waals surface area contributed by atoms with Gasteiger partial charge in [-0.15, -0.1) is 0 Å². The van der Waals surface area contributed by atoms with Crippen molar-refractivity contribution in [2.75, 3.05) is 19.8 Å². The highest BCUT2D eigenvalue weighted by Crippen LogP contribution is 2.31. The molecule has 1 aliphatic heterocycles. The van der Waals surface area contributed by atoms with Gasteiger partial charge in [0.1, 0.15) is 0 Å². The van der Waals surface area contributed by atoms with Crippen molar-refractivity contribution >= 4 is 5.91 Å². The molecule has 1 atom stereocenters. The molecule has 0 saturated carbocycles. The molecule has 0 N–H and O–H groups in total. The van der Waals surface area contributed by atoms with Crippen molar-refractivity contribution in [3.8, 4) is 5.69 Å². The largest absolute Gasteiger partial charge is 0.377 e. The number of carbonyl (C=O) groups excluding carboxylic acids is 1. The lowest BCUT2D eigenvalue weighted by molar-refractivity contribution is -0.00338. The van der Waals surface area contributed by atoms with E-state index in [1.807, 2.05) is 73.8 Å². The van der Waals surface area contributed by atoms with Crippen molar-refractivity contribution in [2.24, 2.45) is 7.05 Å². The van der Waals surface area contributed by atoms with Gasteiger partial charge in [-0.2, -0.15) is 10.2 Å². The lowest BCUT2D eigenvalue weighted by atomic mass is 10.0. The number of para-hydroxylation sites is 1. The van der Waals surface area contributed by atoms with E-state index in [-0.39, 0.29) is 11.9 Å². The van der Waals surface area contributed by atoms with Crippen molar-refractivity contribution in [1.29, 1.82) is 0 Å². The molecule has 1 aromatic carbocycles. The number of amides is 1. The smallest absolute Gasteiger partial charge is 0.275 e. The van der Waals surface area contributed by atoms with Crippen LogP contribution in [0, 0.1) is 20.8 Å². The van der Waals surface area contributed by atoms with E-state index >= 15 is 0 Å². The highest BCUT2D eigenvalue weighted by Gasteiger charge is 2.34. The zero-order chi connectivity index (χ0) is 19.8. The van der Waals surface area contributed by atoms with Gasteiger partial charge in [0.25, 0.3) is 5.91 Å². The van der Waals surface area contributed by atoms with Crippen LogP contribution >= 0.6 is 0 Å². The Labute approximate surface area is 164 Å². The summed E-state index contributed by atoms with van der Waals surface area (Å²) in [6.45, 7) is 7.50. The summed E-state index contributed by atoms with van der Waals surface area (Å²) in [5.74, 6) is -0.0664. The maximum Gasteiger partial charge on any atom is 0.275 e. The number of aryl methyl sites for hydroxylation is 3. The number of morpholine rings is 1. The van der Waals surface area contributed by atoms with Crippen LogP contribution in [0.4, 0.5) is 0 Å². The third kappa shape index (κ3) is 3.11. The first-order valence-corrected chi connectivity index (χ1v) is 9.48. The fourth-order valence-corrected chi connectivity index (χ4v) is 3.86. The van der Waals surface area contributed by atoms with Crippen molar-refractivity contribution in [1.82, 2.24) is 24.5 Å². The summed E-state index contributed by atoms with van der Waals surface area (Å²) in [6.07, 6.45) is 0. The fourth-order valence-electron chi connectivity index (χ4n) is 3.86. The van der Waals surface area contributed by atoms with E-state index in [2.05, 4.69) is 5.10 Å². The van der Waals surface area contributed by atoms with Gasteiger partial charge in [0.05, 0.1) is 30.6 Å². The molecule has 7 nitrogen and oxygen atoms in total. The zero-order valence-corrected chi connectivity index (χ0v) is 16.7. The first kappa shape index (κ1) is 18.4. The highest BCUT2D eigenvalue weighted by molar-refractivity contribution is 5.92. The predicted molar refractivity (Wildman–Crippen MR) is 106 cm³/mol. The Morgan fingerprint density at radius 1 is 1.14 bits per heavy atom. The molecule has 28 heavy (non-hydrogen) atoms. The zero-order valence-electron chi connectivity index (χ0n) is 16.7. The van der Waals surface area contributed by atoms with Crippen LogP contribution in [0.1, 0.15) is 39.2 Å². The number of hydrogen-bond donors (Lipinski definition) is 0. The second-order valence-electron chi connectivity index (χ2n) is 7.22. The summed E-state index contributed by atoms with van der Waals surface area (Å²) < 4.78 is 9.42. The third-order valence-corrected chi connectivity index (χ3v) is 5.40. The number of carbonyl (C=O) groups is 1. The van der Waals surface area contributed by atoms with Gasteiger partial charge in [0.2, 0.25) is 0 Å².